The molecule has 4 aromatic rings. The van der Waals surface area contributed by atoms with E-state index in [2.05, 4.69) is 40.7 Å². The summed E-state index contributed by atoms with van der Waals surface area (Å²) in [6, 6.07) is 21.7. The SMILES string of the molecule is C=CCc1ccccc1OCCCCn1c(CCCCCNC(=O)c2ccc(OC)c(OC)c2)nc2ccccc21. The van der Waals surface area contributed by atoms with Crippen LogP contribution in [-0.2, 0) is 19.4 Å². The number of methoxy groups -OCH3 is 2. The molecule has 0 radical (unpaired) electrons. The zero-order valence-electron chi connectivity index (χ0n) is 24.2. The van der Waals surface area contributed by atoms with E-state index < -0.39 is 0 Å². The number of nitrogens with one attached hydrogen (secondary N) is 1. The summed E-state index contributed by atoms with van der Waals surface area (Å²) in [5, 5.41) is 3.01. The van der Waals surface area contributed by atoms with Gasteiger partial charge in [-0.25, -0.2) is 4.98 Å². The molecule has 3 aromatic carbocycles. The minimum absolute atomic E-state index is 0.110. The van der Waals surface area contributed by atoms with Crippen LogP contribution < -0.4 is 19.5 Å². The first-order valence-electron chi connectivity index (χ1n) is 14.4. The highest BCUT2D eigenvalue weighted by atomic mass is 16.5. The normalized spacial score (nSPS) is 10.9. The van der Waals surface area contributed by atoms with Crippen LogP contribution in [0.25, 0.3) is 11.0 Å². The average molecular weight is 556 g/mol. The molecular formula is C34H41N3O4. The maximum atomic E-state index is 12.6. The van der Waals surface area contributed by atoms with Gasteiger partial charge in [-0.05, 0) is 74.1 Å². The Bertz CT molecular complexity index is 1430. The molecule has 0 saturated carbocycles. The lowest BCUT2D eigenvalue weighted by Gasteiger charge is -2.12. The Hall–Kier alpha value is -4.26. The molecule has 0 aliphatic carbocycles. The molecular weight excluding hydrogens is 514 g/mol. The first kappa shape index (κ1) is 29.7. The fourth-order valence-electron chi connectivity index (χ4n) is 4.95. The number of rotatable bonds is 17. The number of benzene rings is 3. The highest BCUT2D eigenvalue weighted by Gasteiger charge is 2.12. The summed E-state index contributed by atoms with van der Waals surface area (Å²) < 4.78 is 19.0. The van der Waals surface area contributed by atoms with E-state index in [4.69, 9.17) is 19.2 Å². The van der Waals surface area contributed by atoms with Crippen molar-refractivity contribution >= 4 is 16.9 Å². The number of aromatic nitrogens is 2. The van der Waals surface area contributed by atoms with Crippen LogP contribution in [0.2, 0.25) is 0 Å². The monoisotopic (exact) mass is 555 g/mol. The molecule has 4 rings (SSSR count). The summed E-state index contributed by atoms with van der Waals surface area (Å²) in [5.74, 6) is 3.11. The molecule has 0 fully saturated rings. The number of fused-ring (bicyclic) bond motifs is 1. The van der Waals surface area contributed by atoms with E-state index in [-0.39, 0.29) is 5.91 Å². The van der Waals surface area contributed by atoms with Crippen LogP contribution in [0.1, 0.15) is 53.8 Å². The number of amides is 1. The van der Waals surface area contributed by atoms with Crippen molar-refractivity contribution in [3.63, 3.8) is 0 Å². The van der Waals surface area contributed by atoms with Crippen LogP contribution >= 0.6 is 0 Å². The van der Waals surface area contributed by atoms with Crippen LogP contribution in [0.3, 0.4) is 0 Å². The first-order valence-corrected chi connectivity index (χ1v) is 14.4. The highest BCUT2D eigenvalue weighted by Crippen LogP contribution is 2.27. The van der Waals surface area contributed by atoms with Gasteiger partial charge in [0.25, 0.3) is 5.91 Å². The summed E-state index contributed by atoms with van der Waals surface area (Å²) in [5.41, 5.74) is 3.95. The second-order valence-corrected chi connectivity index (χ2v) is 9.96. The summed E-state index contributed by atoms with van der Waals surface area (Å²) >= 11 is 0. The van der Waals surface area contributed by atoms with E-state index in [0.717, 1.165) is 68.6 Å². The molecule has 0 spiro atoms. The molecule has 41 heavy (non-hydrogen) atoms. The molecule has 1 heterocycles. The minimum atomic E-state index is -0.110. The van der Waals surface area contributed by atoms with Crippen LogP contribution in [0.15, 0.2) is 79.4 Å². The third-order valence-corrected chi connectivity index (χ3v) is 7.11. The number of ether oxygens (including phenoxy) is 3. The number of hydrogen-bond donors (Lipinski definition) is 1. The molecule has 0 aliphatic rings. The maximum Gasteiger partial charge on any atom is 0.251 e. The van der Waals surface area contributed by atoms with Gasteiger partial charge >= 0.3 is 0 Å². The number of carbonyl (C=O) groups excluding carboxylic acids is 1. The van der Waals surface area contributed by atoms with Crippen LogP contribution in [-0.4, -0.2) is 42.8 Å². The van der Waals surface area contributed by atoms with Gasteiger partial charge in [-0.3, -0.25) is 4.79 Å². The first-order chi connectivity index (χ1) is 20.1. The predicted octanol–water partition coefficient (Wildman–Crippen LogP) is 6.78. The summed E-state index contributed by atoms with van der Waals surface area (Å²) in [4.78, 5) is 17.5. The van der Waals surface area contributed by atoms with Crippen LogP contribution in [0, 0.1) is 0 Å². The lowest BCUT2D eigenvalue weighted by atomic mass is 10.1. The smallest absolute Gasteiger partial charge is 0.251 e. The Labute approximate surface area is 243 Å². The molecule has 0 bridgehead atoms. The highest BCUT2D eigenvalue weighted by molar-refractivity contribution is 5.94. The van der Waals surface area contributed by atoms with Gasteiger partial charge in [-0.1, -0.05) is 42.8 Å². The fraction of sp³-hybridized carbons (Fsp3) is 0.353. The van der Waals surface area contributed by atoms with E-state index in [0.29, 0.717) is 30.2 Å². The number of para-hydroxylation sites is 3. The molecule has 1 N–H and O–H groups in total. The largest absolute Gasteiger partial charge is 0.493 e. The molecule has 0 saturated heterocycles. The fourth-order valence-corrected chi connectivity index (χ4v) is 4.95. The number of nitrogens with zero attached hydrogens (tertiary/aromatic N) is 2. The van der Waals surface area contributed by atoms with Crippen molar-refractivity contribution in [2.24, 2.45) is 0 Å². The van der Waals surface area contributed by atoms with Gasteiger partial charge in [0.1, 0.15) is 11.6 Å². The van der Waals surface area contributed by atoms with Crippen LogP contribution in [0.5, 0.6) is 17.2 Å². The van der Waals surface area contributed by atoms with Gasteiger partial charge in [0, 0.05) is 25.1 Å². The van der Waals surface area contributed by atoms with Crippen molar-refractivity contribution < 1.29 is 19.0 Å². The zero-order valence-corrected chi connectivity index (χ0v) is 24.2. The molecule has 7 heteroatoms. The molecule has 0 atom stereocenters. The number of hydrogen-bond acceptors (Lipinski definition) is 5. The van der Waals surface area contributed by atoms with Gasteiger partial charge < -0.3 is 24.1 Å². The van der Waals surface area contributed by atoms with E-state index in [1.54, 1.807) is 32.4 Å². The summed E-state index contributed by atoms with van der Waals surface area (Å²) in [7, 11) is 3.14. The number of unbranched alkanes of at least 4 members (excludes halogenated alkanes) is 3. The topological polar surface area (TPSA) is 74.6 Å². The second kappa shape index (κ2) is 15.5. The number of carbonyl (C=O) groups is 1. The third-order valence-electron chi connectivity index (χ3n) is 7.11. The van der Waals surface area contributed by atoms with Crippen LogP contribution in [0.4, 0.5) is 0 Å². The van der Waals surface area contributed by atoms with E-state index >= 15 is 0 Å². The molecule has 216 valence electrons. The zero-order chi connectivity index (χ0) is 28.9. The average Bonchev–Trinajstić information content (AvgIpc) is 3.36. The summed E-state index contributed by atoms with van der Waals surface area (Å²) in [6.07, 6.45) is 8.53. The van der Waals surface area contributed by atoms with Crippen molar-refractivity contribution in [3.8, 4) is 17.2 Å². The van der Waals surface area contributed by atoms with E-state index in [1.165, 1.54) is 11.1 Å². The van der Waals surface area contributed by atoms with Crippen molar-refractivity contribution in [1.82, 2.24) is 14.9 Å². The Morgan fingerprint density at radius 3 is 2.54 bits per heavy atom. The number of aryl methyl sites for hydroxylation is 2. The van der Waals surface area contributed by atoms with Crippen molar-refractivity contribution in [2.75, 3.05) is 27.4 Å². The van der Waals surface area contributed by atoms with Gasteiger partial charge in [-0.2, -0.15) is 0 Å². The van der Waals surface area contributed by atoms with Gasteiger partial charge in [-0.15, -0.1) is 6.58 Å². The quantitative estimate of drug-likeness (QED) is 0.115. The van der Waals surface area contributed by atoms with E-state index in [9.17, 15) is 4.79 Å². The minimum Gasteiger partial charge on any atom is -0.493 e. The lowest BCUT2D eigenvalue weighted by molar-refractivity contribution is 0.0952. The van der Waals surface area contributed by atoms with Crippen molar-refractivity contribution in [3.05, 3.63) is 96.3 Å². The molecule has 0 unspecified atom stereocenters. The molecule has 1 aromatic heterocycles. The number of imidazole rings is 1. The Balaban J connectivity index is 1.22. The third kappa shape index (κ3) is 8.13. The van der Waals surface area contributed by atoms with Crippen molar-refractivity contribution in [2.45, 2.75) is 51.5 Å². The molecule has 1 amide bonds. The maximum absolute atomic E-state index is 12.6. The summed E-state index contributed by atoms with van der Waals surface area (Å²) in [6.45, 7) is 6.07. The standard InChI is InChI=1S/C34H41N3O4/c1-4-14-26-15-7-10-18-30(26)41-24-13-12-23-37-29-17-9-8-16-28(29)36-33(37)19-6-5-11-22-35-34(38)27-20-21-31(39-2)32(25-27)40-3/h4,7-10,15-18,20-21,25H,1,5-6,11-14,19,22-24H2,2-3H3,(H,35,38). The Morgan fingerprint density at radius 2 is 1.71 bits per heavy atom. The number of allylic oxidation sites excluding steroid dienone is 1. The Morgan fingerprint density at radius 1 is 0.902 bits per heavy atom. The Kier molecular flexibility index (Phi) is 11.2. The second-order valence-electron chi connectivity index (χ2n) is 9.96. The van der Waals surface area contributed by atoms with Gasteiger partial charge in [0.2, 0.25) is 0 Å². The molecule has 7 nitrogen and oxygen atoms in total. The van der Waals surface area contributed by atoms with E-state index in [1.807, 2.05) is 30.3 Å². The molecule has 0 aliphatic heterocycles. The van der Waals surface area contributed by atoms with Crippen molar-refractivity contribution in [1.29, 1.82) is 0 Å². The van der Waals surface area contributed by atoms with Gasteiger partial charge in [0.05, 0.1) is 31.9 Å². The van der Waals surface area contributed by atoms with Gasteiger partial charge in [0.15, 0.2) is 11.5 Å². The predicted molar refractivity (Wildman–Crippen MR) is 164 cm³/mol. The lowest BCUT2D eigenvalue weighted by Crippen LogP contribution is -2.24.